The molecule has 8 heteroatoms. The smallest absolute Gasteiger partial charge is 0.241 e. The molecule has 158 valence electrons. The van der Waals surface area contributed by atoms with Gasteiger partial charge in [-0.15, -0.1) is 11.3 Å². The Kier molecular flexibility index (Phi) is 6.44. The van der Waals surface area contributed by atoms with Gasteiger partial charge in [0.1, 0.15) is 5.75 Å². The maximum atomic E-state index is 12.6. The summed E-state index contributed by atoms with van der Waals surface area (Å²) >= 11 is 1.59. The van der Waals surface area contributed by atoms with Crippen molar-refractivity contribution in [1.82, 2.24) is 15.0 Å². The quantitative estimate of drug-likeness (QED) is 0.602. The second-order valence-electron chi connectivity index (χ2n) is 7.72. The number of ether oxygens (including phenoxy) is 1. The number of nitrogens with one attached hydrogen (secondary N) is 1. The van der Waals surface area contributed by atoms with Crippen LogP contribution in [0.5, 0.6) is 5.75 Å². The molecule has 0 bridgehead atoms. The standard InChI is InChI=1S/C22H26N4O3S/c1-15(2)28-18-7-5-17(6-8-18)23-22(27)16-9-11-26(12-10-16)14-20-24-21(25-29-20)19-4-3-13-30-19/h3-8,13,15-16H,9-12,14H2,1-2H3,(H,23,27). The lowest BCUT2D eigenvalue weighted by Crippen LogP contribution is -2.37. The second kappa shape index (κ2) is 9.40. The molecule has 1 aliphatic rings. The Balaban J connectivity index is 1.24. The van der Waals surface area contributed by atoms with Crippen molar-refractivity contribution in [2.45, 2.75) is 39.3 Å². The number of hydrogen-bond acceptors (Lipinski definition) is 7. The maximum absolute atomic E-state index is 12.6. The topological polar surface area (TPSA) is 80.5 Å². The van der Waals surface area contributed by atoms with E-state index in [0.29, 0.717) is 18.3 Å². The SMILES string of the molecule is CC(C)Oc1ccc(NC(=O)C2CCN(Cc3nc(-c4cccs4)no3)CC2)cc1. The van der Waals surface area contributed by atoms with E-state index in [1.54, 1.807) is 11.3 Å². The summed E-state index contributed by atoms with van der Waals surface area (Å²) in [6.45, 7) is 6.25. The summed E-state index contributed by atoms with van der Waals surface area (Å²) in [7, 11) is 0. The largest absolute Gasteiger partial charge is 0.491 e. The Morgan fingerprint density at radius 1 is 1.27 bits per heavy atom. The van der Waals surface area contributed by atoms with Crippen LogP contribution in [0, 0.1) is 5.92 Å². The Labute approximate surface area is 180 Å². The Hall–Kier alpha value is -2.71. The first kappa shape index (κ1) is 20.6. The molecule has 0 unspecified atom stereocenters. The van der Waals surface area contributed by atoms with Gasteiger partial charge >= 0.3 is 0 Å². The molecule has 0 spiro atoms. The van der Waals surface area contributed by atoms with Crippen LogP contribution in [-0.4, -0.2) is 40.1 Å². The third-order valence-electron chi connectivity index (χ3n) is 5.02. The lowest BCUT2D eigenvalue weighted by Gasteiger charge is -2.30. The van der Waals surface area contributed by atoms with Gasteiger partial charge in [0.15, 0.2) is 0 Å². The maximum Gasteiger partial charge on any atom is 0.241 e. The predicted molar refractivity (Wildman–Crippen MR) is 116 cm³/mol. The minimum Gasteiger partial charge on any atom is -0.491 e. The lowest BCUT2D eigenvalue weighted by atomic mass is 9.96. The second-order valence-corrected chi connectivity index (χ2v) is 8.67. The van der Waals surface area contributed by atoms with Gasteiger partial charge in [-0.2, -0.15) is 4.98 Å². The number of nitrogens with zero attached hydrogens (tertiary/aromatic N) is 3. The van der Waals surface area contributed by atoms with E-state index in [4.69, 9.17) is 9.26 Å². The first-order valence-corrected chi connectivity index (χ1v) is 11.1. The normalized spacial score (nSPS) is 15.4. The van der Waals surface area contributed by atoms with Crippen LogP contribution in [0.3, 0.4) is 0 Å². The van der Waals surface area contributed by atoms with Gasteiger partial charge in [0.2, 0.25) is 17.6 Å². The van der Waals surface area contributed by atoms with E-state index in [9.17, 15) is 4.79 Å². The van der Waals surface area contributed by atoms with E-state index in [1.165, 1.54) is 0 Å². The molecule has 4 rings (SSSR count). The molecule has 3 aromatic rings. The summed E-state index contributed by atoms with van der Waals surface area (Å²) in [6, 6.07) is 11.5. The van der Waals surface area contributed by atoms with Gasteiger partial charge in [0.25, 0.3) is 0 Å². The van der Waals surface area contributed by atoms with Crippen molar-refractivity contribution in [3.05, 3.63) is 47.7 Å². The number of benzene rings is 1. The highest BCUT2D eigenvalue weighted by Gasteiger charge is 2.26. The monoisotopic (exact) mass is 426 g/mol. The fraction of sp³-hybridized carbons (Fsp3) is 0.409. The average Bonchev–Trinajstić information content (AvgIpc) is 3.41. The van der Waals surface area contributed by atoms with E-state index in [0.717, 1.165) is 42.2 Å². The van der Waals surface area contributed by atoms with Crippen molar-refractivity contribution in [1.29, 1.82) is 0 Å². The average molecular weight is 427 g/mol. The highest BCUT2D eigenvalue weighted by atomic mass is 32.1. The lowest BCUT2D eigenvalue weighted by molar-refractivity contribution is -0.121. The Morgan fingerprint density at radius 2 is 2.03 bits per heavy atom. The summed E-state index contributed by atoms with van der Waals surface area (Å²) in [5, 5.41) is 9.08. The fourth-order valence-corrected chi connectivity index (χ4v) is 4.15. The summed E-state index contributed by atoms with van der Waals surface area (Å²) in [6.07, 6.45) is 1.75. The van der Waals surface area contributed by atoms with E-state index in [-0.39, 0.29) is 17.9 Å². The summed E-state index contributed by atoms with van der Waals surface area (Å²) in [4.78, 5) is 20.4. The molecule has 0 aliphatic carbocycles. The summed E-state index contributed by atoms with van der Waals surface area (Å²) in [5.74, 6) is 2.14. The minimum atomic E-state index is 0.0113. The molecule has 30 heavy (non-hydrogen) atoms. The van der Waals surface area contributed by atoms with Crippen molar-refractivity contribution in [3.63, 3.8) is 0 Å². The molecular weight excluding hydrogens is 400 g/mol. The van der Waals surface area contributed by atoms with E-state index in [2.05, 4.69) is 20.4 Å². The van der Waals surface area contributed by atoms with Crippen molar-refractivity contribution in [3.8, 4) is 16.5 Å². The van der Waals surface area contributed by atoms with Gasteiger partial charge in [-0.25, -0.2) is 0 Å². The molecule has 1 N–H and O–H groups in total. The van der Waals surface area contributed by atoms with Crippen molar-refractivity contribution in [2.75, 3.05) is 18.4 Å². The molecule has 3 heterocycles. The van der Waals surface area contributed by atoms with Crippen LogP contribution < -0.4 is 10.1 Å². The number of likely N-dealkylation sites (tertiary alicyclic amines) is 1. The summed E-state index contributed by atoms with van der Waals surface area (Å²) in [5.41, 5.74) is 0.797. The van der Waals surface area contributed by atoms with Crippen molar-refractivity contribution < 1.29 is 14.1 Å². The molecule has 1 aliphatic heterocycles. The number of carbonyl (C=O) groups excluding carboxylic acids is 1. The highest BCUT2D eigenvalue weighted by Crippen LogP contribution is 2.24. The number of hydrogen-bond donors (Lipinski definition) is 1. The molecule has 1 amide bonds. The van der Waals surface area contributed by atoms with Gasteiger partial charge in [-0.1, -0.05) is 11.2 Å². The minimum absolute atomic E-state index is 0.0113. The van der Waals surface area contributed by atoms with E-state index in [1.807, 2.05) is 55.6 Å². The number of thiophene rings is 1. The third kappa shape index (κ3) is 5.25. The highest BCUT2D eigenvalue weighted by molar-refractivity contribution is 7.13. The molecule has 7 nitrogen and oxygen atoms in total. The number of carbonyl (C=O) groups is 1. The molecule has 1 aromatic carbocycles. The van der Waals surface area contributed by atoms with E-state index >= 15 is 0 Å². The zero-order valence-corrected chi connectivity index (χ0v) is 18.0. The number of amides is 1. The number of aromatic nitrogens is 2. The van der Waals surface area contributed by atoms with Gasteiger partial charge < -0.3 is 14.6 Å². The van der Waals surface area contributed by atoms with Crippen LogP contribution in [0.2, 0.25) is 0 Å². The van der Waals surface area contributed by atoms with E-state index < -0.39 is 0 Å². The fourth-order valence-electron chi connectivity index (χ4n) is 3.50. The van der Waals surface area contributed by atoms with Crippen LogP contribution in [0.1, 0.15) is 32.6 Å². The van der Waals surface area contributed by atoms with Crippen LogP contribution in [0.4, 0.5) is 5.69 Å². The van der Waals surface area contributed by atoms with Gasteiger partial charge in [0, 0.05) is 11.6 Å². The molecule has 1 fully saturated rings. The van der Waals surface area contributed by atoms with Crippen LogP contribution >= 0.6 is 11.3 Å². The summed E-state index contributed by atoms with van der Waals surface area (Å²) < 4.78 is 11.0. The number of rotatable bonds is 7. The zero-order chi connectivity index (χ0) is 20.9. The van der Waals surface area contributed by atoms with Crippen LogP contribution in [-0.2, 0) is 11.3 Å². The Morgan fingerprint density at radius 3 is 2.70 bits per heavy atom. The molecule has 0 atom stereocenters. The number of piperidine rings is 1. The number of anilines is 1. The van der Waals surface area contributed by atoms with Gasteiger partial charge in [-0.05, 0) is 75.5 Å². The van der Waals surface area contributed by atoms with Crippen molar-refractivity contribution >= 4 is 22.9 Å². The molecule has 0 radical (unpaired) electrons. The first-order chi connectivity index (χ1) is 14.6. The molecule has 1 saturated heterocycles. The van der Waals surface area contributed by atoms with Crippen molar-refractivity contribution in [2.24, 2.45) is 5.92 Å². The van der Waals surface area contributed by atoms with Crippen LogP contribution in [0.15, 0.2) is 46.3 Å². The first-order valence-electron chi connectivity index (χ1n) is 10.2. The predicted octanol–water partition coefficient (Wildman–Crippen LogP) is 4.44. The van der Waals surface area contributed by atoms with Gasteiger partial charge in [-0.3, -0.25) is 9.69 Å². The molecular formula is C22H26N4O3S. The third-order valence-corrected chi connectivity index (χ3v) is 5.89. The van der Waals surface area contributed by atoms with Gasteiger partial charge in [0.05, 0.1) is 17.5 Å². The Bertz CT molecular complexity index is 945. The molecule has 2 aromatic heterocycles. The molecule has 0 saturated carbocycles. The zero-order valence-electron chi connectivity index (χ0n) is 17.2. The van der Waals surface area contributed by atoms with Crippen LogP contribution in [0.25, 0.3) is 10.7 Å².